The predicted octanol–water partition coefficient (Wildman–Crippen LogP) is 4.62. The zero-order valence-electron chi connectivity index (χ0n) is 18.1. The summed E-state index contributed by atoms with van der Waals surface area (Å²) in [5.74, 6) is -2.01. The molecule has 2 aromatic rings. The number of hydrogen-bond donors (Lipinski definition) is 2. The number of nitrogens with one attached hydrogen (secondary N) is 1. The maximum Gasteiger partial charge on any atom is 0.410 e. The predicted molar refractivity (Wildman–Crippen MR) is 129 cm³/mol. The van der Waals surface area contributed by atoms with Crippen LogP contribution in [-0.4, -0.2) is 58.7 Å². The summed E-state index contributed by atoms with van der Waals surface area (Å²) in [6, 6.07) is 4.80. The van der Waals surface area contributed by atoms with Crippen molar-refractivity contribution in [3.05, 3.63) is 57.6 Å². The van der Waals surface area contributed by atoms with E-state index in [1.54, 1.807) is 13.0 Å². The molecule has 0 aliphatic carbocycles. The summed E-state index contributed by atoms with van der Waals surface area (Å²) in [5, 5.41) is 2.52. The van der Waals surface area contributed by atoms with Crippen LogP contribution < -0.4 is 11.1 Å². The van der Waals surface area contributed by atoms with E-state index in [2.05, 4.69) is 31.2 Å². The Morgan fingerprint density at radius 1 is 1.34 bits per heavy atom. The molecule has 0 saturated carbocycles. The second-order valence-corrected chi connectivity index (χ2v) is 9.81. The van der Waals surface area contributed by atoms with E-state index in [9.17, 15) is 22.8 Å². The number of carbonyl (C=O) groups is 2. The van der Waals surface area contributed by atoms with E-state index in [1.807, 2.05) is 0 Å². The van der Waals surface area contributed by atoms with Gasteiger partial charge in [0, 0.05) is 21.9 Å². The SMILES string of the molecule is Cc1cc(Br)cnc1C(=O)Nc1ccc(F)c(C2(C(F)F)CN(C(=O)OCC(Cl)Cl)CC(N)=N2)c1. The van der Waals surface area contributed by atoms with Crippen molar-refractivity contribution in [1.29, 1.82) is 0 Å². The fourth-order valence-electron chi connectivity index (χ4n) is 3.51. The van der Waals surface area contributed by atoms with Crippen LogP contribution in [0.25, 0.3) is 0 Å². The molecule has 0 bridgehead atoms. The van der Waals surface area contributed by atoms with E-state index in [-0.39, 0.29) is 23.8 Å². The first-order chi connectivity index (χ1) is 16.4. The number of rotatable bonds is 6. The van der Waals surface area contributed by atoms with Crippen molar-refractivity contribution in [2.75, 3.05) is 25.0 Å². The molecule has 14 heteroatoms. The molecule has 35 heavy (non-hydrogen) atoms. The number of anilines is 1. The molecule has 1 atom stereocenters. The van der Waals surface area contributed by atoms with Gasteiger partial charge in [-0.1, -0.05) is 0 Å². The van der Waals surface area contributed by atoms with Gasteiger partial charge in [0.2, 0.25) is 0 Å². The third-order valence-corrected chi connectivity index (χ3v) is 5.72. The van der Waals surface area contributed by atoms with Crippen LogP contribution >= 0.6 is 39.1 Å². The van der Waals surface area contributed by atoms with Crippen molar-refractivity contribution in [3.63, 3.8) is 0 Å². The number of pyridine rings is 1. The van der Waals surface area contributed by atoms with E-state index in [4.69, 9.17) is 33.7 Å². The molecule has 188 valence electrons. The Balaban J connectivity index is 1.96. The Bertz CT molecular complexity index is 1170. The molecular weight excluding hydrogens is 578 g/mol. The fourth-order valence-corrected chi connectivity index (χ4v) is 4.08. The molecule has 8 nitrogen and oxygen atoms in total. The number of alkyl halides is 4. The molecule has 2 heterocycles. The standard InChI is InChI=1S/C21H19BrCl2F3N5O3/c1-10-4-11(22)6-29-17(10)18(33)30-12-2-3-14(25)13(5-12)21(19(26)27)9-32(7-16(28)31-21)20(34)35-8-15(23)24/h2-6,15,19H,7-9H2,1H3,(H2,28,31)(H,30,33). The second kappa shape index (κ2) is 11.0. The fraction of sp³-hybridized carbons (Fsp3) is 0.333. The topological polar surface area (TPSA) is 110 Å². The van der Waals surface area contributed by atoms with Gasteiger partial charge < -0.3 is 15.8 Å². The van der Waals surface area contributed by atoms with Crippen LogP contribution in [0.5, 0.6) is 0 Å². The van der Waals surface area contributed by atoms with Gasteiger partial charge in [-0.2, -0.15) is 0 Å². The lowest BCUT2D eigenvalue weighted by Crippen LogP contribution is -2.55. The Morgan fingerprint density at radius 2 is 2.06 bits per heavy atom. The monoisotopic (exact) mass is 595 g/mol. The highest BCUT2D eigenvalue weighted by Crippen LogP contribution is 2.39. The molecule has 1 aromatic carbocycles. The van der Waals surface area contributed by atoms with Crippen LogP contribution in [0.1, 0.15) is 21.6 Å². The number of amidine groups is 1. The van der Waals surface area contributed by atoms with Gasteiger partial charge in [0.15, 0.2) is 5.54 Å². The second-order valence-electron chi connectivity index (χ2n) is 7.62. The van der Waals surface area contributed by atoms with Gasteiger partial charge in [-0.05, 0) is 52.7 Å². The van der Waals surface area contributed by atoms with Crippen molar-refractivity contribution in [1.82, 2.24) is 9.88 Å². The third-order valence-electron chi connectivity index (χ3n) is 5.03. The molecule has 3 N–H and O–H groups in total. The van der Waals surface area contributed by atoms with Crippen LogP contribution in [0.3, 0.4) is 0 Å². The molecule has 2 amide bonds. The maximum absolute atomic E-state index is 14.9. The molecule has 0 radical (unpaired) electrons. The first-order valence-electron chi connectivity index (χ1n) is 9.98. The minimum atomic E-state index is -3.28. The minimum Gasteiger partial charge on any atom is -0.447 e. The summed E-state index contributed by atoms with van der Waals surface area (Å²) in [4.78, 5) is 32.8. The number of hydrogen-bond acceptors (Lipinski definition) is 6. The molecular formula is C21H19BrCl2F3N5O3. The number of nitrogens with two attached hydrogens (primary N) is 1. The molecule has 0 saturated heterocycles. The Hall–Kier alpha value is -2.57. The number of nitrogens with zero attached hydrogens (tertiary/aromatic N) is 3. The number of halogens is 6. The molecule has 0 spiro atoms. The first-order valence-corrected chi connectivity index (χ1v) is 11.6. The number of aromatic nitrogens is 1. The van der Waals surface area contributed by atoms with E-state index >= 15 is 0 Å². The zero-order chi connectivity index (χ0) is 25.9. The van der Waals surface area contributed by atoms with Gasteiger partial charge >= 0.3 is 6.09 Å². The summed E-state index contributed by atoms with van der Waals surface area (Å²) < 4.78 is 49.4. The van der Waals surface area contributed by atoms with E-state index in [1.165, 1.54) is 12.3 Å². The number of ether oxygens (including phenoxy) is 1. The molecule has 0 fully saturated rings. The molecule has 1 aliphatic heterocycles. The summed E-state index contributed by atoms with van der Waals surface area (Å²) in [6.45, 7) is 0.200. The average molecular weight is 597 g/mol. The Morgan fingerprint density at radius 3 is 2.69 bits per heavy atom. The molecule has 3 rings (SSSR count). The number of carbonyl (C=O) groups excluding carboxylic acids is 2. The number of amides is 2. The van der Waals surface area contributed by atoms with E-state index in [0.29, 0.717) is 10.0 Å². The van der Waals surface area contributed by atoms with Gasteiger partial charge in [-0.3, -0.25) is 14.7 Å². The average Bonchev–Trinajstić information content (AvgIpc) is 2.77. The highest BCUT2D eigenvalue weighted by atomic mass is 79.9. The van der Waals surface area contributed by atoms with Crippen LogP contribution in [-0.2, 0) is 10.3 Å². The lowest BCUT2D eigenvalue weighted by Gasteiger charge is -2.39. The summed E-state index contributed by atoms with van der Waals surface area (Å²) in [6.07, 6.45) is -2.88. The highest BCUT2D eigenvalue weighted by Gasteiger charge is 2.49. The zero-order valence-corrected chi connectivity index (χ0v) is 21.2. The largest absolute Gasteiger partial charge is 0.447 e. The number of aryl methyl sites for hydroxylation is 1. The maximum atomic E-state index is 14.9. The third kappa shape index (κ3) is 6.17. The van der Waals surface area contributed by atoms with Crippen LogP contribution in [0.4, 0.5) is 23.7 Å². The minimum absolute atomic E-state index is 0.0103. The number of benzene rings is 1. The van der Waals surface area contributed by atoms with Gasteiger partial charge in [-0.25, -0.2) is 22.9 Å². The van der Waals surface area contributed by atoms with Gasteiger partial charge in [0.1, 0.15) is 28.8 Å². The van der Waals surface area contributed by atoms with Gasteiger partial charge in [0.25, 0.3) is 12.3 Å². The summed E-state index contributed by atoms with van der Waals surface area (Å²) >= 11 is 14.3. The first kappa shape index (κ1) is 27.0. The summed E-state index contributed by atoms with van der Waals surface area (Å²) in [5.41, 5.74) is 3.28. The quantitative estimate of drug-likeness (QED) is 0.473. The van der Waals surface area contributed by atoms with Crippen molar-refractivity contribution >= 4 is 62.7 Å². The molecule has 1 unspecified atom stereocenters. The Kier molecular flexibility index (Phi) is 8.50. The summed E-state index contributed by atoms with van der Waals surface area (Å²) in [7, 11) is 0. The van der Waals surface area contributed by atoms with Crippen molar-refractivity contribution < 1.29 is 27.5 Å². The lowest BCUT2D eigenvalue weighted by molar-refractivity contribution is 0.0208. The lowest BCUT2D eigenvalue weighted by atomic mass is 9.88. The molecule has 1 aliphatic rings. The van der Waals surface area contributed by atoms with Crippen LogP contribution in [0, 0.1) is 12.7 Å². The van der Waals surface area contributed by atoms with Crippen LogP contribution in [0.2, 0.25) is 0 Å². The number of aliphatic imine (C=N–C) groups is 1. The van der Waals surface area contributed by atoms with Crippen LogP contribution in [0.15, 0.2) is 39.9 Å². The van der Waals surface area contributed by atoms with Crippen molar-refractivity contribution in [2.45, 2.75) is 23.7 Å². The normalized spacial score (nSPS) is 18.0. The Labute approximate surface area is 216 Å². The van der Waals surface area contributed by atoms with Gasteiger partial charge in [0.05, 0.1) is 13.1 Å². The van der Waals surface area contributed by atoms with E-state index in [0.717, 1.165) is 17.0 Å². The van der Waals surface area contributed by atoms with Gasteiger partial charge in [-0.15, -0.1) is 23.2 Å². The highest BCUT2D eigenvalue weighted by molar-refractivity contribution is 9.10. The van der Waals surface area contributed by atoms with Crippen molar-refractivity contribution in [3.8, 4) is 0 Å². The smallest absolute Gasteiger partial charge is 0.410 e. The molecule has 1 aromatic heterocycles. The van der Waals surface area contributed by atoms with E-state index < -0.39 is 53.3 Å². The van der Waals surface area contributed by atoms with Crippen molar-refractivity contribution in [2.24, 2.45) is 10.7 Å².